The fourth-order valence-electron chi connectivity index (χ4n) is 1.01. The molecule has 0 saturated heterocycles. The van der Waals surface area contributed by atoms with Crippen LogP contribution in [0.2, 0.25) is 0 Å². The molecule has 66 valence electrons. The molecule has 0 fully saturated rings. The highest BCUT2D eigenvalue weighted by Gasteiger charge is 1.94. The summed E-state index contributed by atoms with van der Waals surface area (Å²) in [5.41, 5.74) is 1.14. The van der Waals surface area contributed by atoms with Gasteiger partial charge in [-0.05, 0) is 24.6 Å². The van der Waals surface area contributed by atoms with E-state index in [1.54, 1.807) is 13.3 Å². The SMILES string of the molecule is CCNc1cc(COC)ccn1. The van der Waals surface area contributed by atoms with E-state index in [0.29, 0.717) is 6.61 Å². The first-order valence-electron chi connectivity index (χ1n) is 4.04. The summed E-state index contributed by atoms with van der Waals surface area (Å²) in [6, 6.07) is 3.94. The van der Waals surface area contributed by atoms with Crippen molar-refractivity contribution in [1.82, 2.24) is 4.98 Å². The fraction of sp³-hybridized carbons (Fsp3) is 0.444. The predicted molar refractivity (Wildman–Crippen MR) is 49.1 cm³/mol. The van der Waals surface area contributed by atoms with Crippen molar-refractivity contribution in [2.45, 2.75) is 13.5 Å². The van der Waals surface area contributed by atoms with Crippen molar-refractivity contribution in [2.24, 2.45) is 0 Å². The summed E-state index contributed by atoms with van der Waals surface area (Å²) in [5.74, 6) is 0.909. The average molecular weight is 166 g/mol. The monoisotopic (exact) mass is 166 g/mol. The standard InChI is InChI=1S/C9H14N2O/c1-3-10-9-6-8(7-12-2)4-5-11-9/h4-6H,3,7H2,1-2H3,(H,10,11). The van der Waals surface area contributed by atoms with Crippen molar-refractivity contribution in [2.75, 3.05) is 19.0 Å². The molecule has 0 spiro atoms. The van der Waals surface area contributed by atoms with Crippen LogP contribution in [0.4, 0.5) is 5.82 Å². The number of nitrogens with zero attached hydrogens (tertiary/aromatic N) is 1. The first-order valence-corrected chi connectivity index (χ1v) is 4.04. The summed E-state index contributed by atoms with van der Waals surface area (Å²) in [4.78, 5) is 4.14. The van der Waals surface area contributed by atoms with E-state index in [1.807, 2.05) is 19.1 Å². The van der Waals surface area contributed by atoms with Gasteiger partial charge < -0.3 is 10.1 Å². The highest BCUT2D eigenvalue weighted by atomic mass is 16.5. The zero-order valence-corrected chi connectivity index (χ0v) is 7.50. The van der Waals surface area contributed by atoms with E-state index in [4.69, 9.17) is 4.74 Å². The molecule has 1 N–H and O–H groups in total. The van der Waals surface area contributed by atoms with Crippen LogP contribution in [0, 0.1) is 0 Å². The second-order valence-corrected chi connectivity index (χ2v) is 2.51. The Morgan fingerprint density at radius 3 is 3.08 bits per heavy atom. The van der Waals surface area contributed by atoms with Gasteiger partial charge in [0.1, 0.15) is 5.82 Å². The summed E-state index contributed by atoms with van der Waals surface area (Å²) in [5, 5.41) is 3.14. The molecule has 0 aliphatic carbocycles. The van der Waals surface area contributed by atoms with Crippen LogP contribution in [-0.4, -0.2) is 18.6 Å². The number of hydrogen-bond acceptors (Lipinski definition) is 3. The minimum atomic E-state index is 0.640. The highest BCUT2D eigenvalue weighted by molar-refractivity contribution is 5.36. The predicted octanol–water partition coefficient (Wildman–Crippen LogP) is 1.66. The van der Waals surface area contributed by atoms with Crippen molar-refractivity contribution in [1.29, 1.82) is 0 Å². The molecule has 0 amide bonds. The van der Waals surface area contributed by atoms with E-state index in [2.05, 4.69) is 10.3 Å². The minimum Gasteiger partial charge on any atom is -0.380 e. The van der Waals surface area contributed by atoms with Gasteiger partial charge in [0.15, 0.2) is 0 Å². The fourth-order valence-corrected chi connectivity index (χ4v) is 1.01. The van der Waals surface area contributed by atoms with Crippen molar-refractivity contribution in [3.63, 3.8) is 0 Å². The van der Waals surface area contributed by atoms with Gasteiger partial charge in [-0.1, -0.05) is 0 Å². The molecular weight excluding hydrogens is 152 g/mol. The number of hydrogen-bond donors (Lipinski definition) is 1. The number of ether oxygens (including phenoxy) is 1. The molecule has 0 aliphatic heterocycles. The molecule has 0 saturated carbocycles. The normalized spacial score (nSPS) is 9.83. The number of anilines is 1. The first kappa shape index (κ1) is 9.00. The molecule has 0 radical (unpaired) electrons. The second-order valence-electron chi connectivity index (χ2n) is 2.51. The lowest BCUT2D eigenvalue weighted by Crippen LogP contribution is -1.99. The summed E-state index contributed by atoms with van der Waals surface area (Å²) >= 11 is 0. The third-order valence-electron chi connectivity index (χ3n) is 1.49. The maximum absolute atomic E-state index is 5.01. The van der Waals surface area contributed by atoms with Crippen molar-refractivity contribution in [3.8, 4) is 0 Å². The zero-order chi connectivity index (χ0) is 8.81. The maximum Gasteiger partial charge on any atom is 0.126 e. The van der Waals surface area contributed by atoms with E-state index >= 15 is 0 Å². The maximum atomic E-state index is 5.01. The molecule has 1 heterocycles. The van der Waals surface area contributed by atoms with E-state index in [-0.39, 0.29) is 0 Å². The molecule has 0 aromatic carbocycles. The molecule has 1 rings (SSSR count). The Kier molecular flexibility index (Phi) is 3.54. The molecule has 1 aromatic rings. The average Bonchev–Trinajstić information content (AvgIpc) is 2.06. The number of methoxy groups -OCH3 is 1. The Morgan fingerprint density at radius 1 is 1.58 bits per heavy atom. The van der Waals surface area contributed by atoms with Crippen LogP contribution in [-0.2, 0) is 11.3 Å². The van der Waals surface area contributed by atoms with Crippen LogP contribution in [0.25, 0.3) is 0 Å². The number of rotatable bonds is 4. The summed E-state index contributed by atoms with van der Waals surface area (Å²) in [7, 11) is 1.69. The lowest BCUT2D eigenvalue weighted by atomic mass is 10.3. The number of aromatic nitrogens is 1. The zero-order valence-electron chi connectivity index (χ0n) is 7.50. The summed E-state index contributed by atoms with van der Waals surface area (Å²) in [6.45, 7) is 3.58. The van der Waals surface area contributed by atoms with Crippen LogP contribution in [0.15, 0.2) is 18.3 Å². The Labute approximate surface area is 72.8 Å². The van der Waals surface area contributed by atoms with Gasteiger partial charge in [0.2, 0.25) is 0 Å². The van der Waals surface area contributed by atoms with E-state index in [1.165, 1.54) is 0 Å². The minimum absolute atomic E-state index is 0.640. The molecule has 0 unspecified atom stereocenters. The van der Waals surface area contributed by atoms with Gasteiger partial charge in [-0.25, -0.2) is 4.98 Å². The largest absolute Gasteiger partial charge is 0.380 e. The van der Waals surface area contributed by atoms with Gasteiger partial charge in [0.05, 0.1) is 6.61 Å². The first-order chi connectivity index (χ1) is 5.86. The number of pyridine rings is 1. The Bertz CT molecular complexity index is 216. The molecular formula is C9H14N2O. The molecule has 0 atom stereocenters. The van der Waals surface area contributed by atoms with Gasteiger partial charge in [-0.3, -0.25) is 0 Å². The molecule has 3 nitrogen and oxygen atoms in total. The quantitative estimate of drug-likeness (QED) is 0.738. The lowest BCUT2D eigenvalue weighted by Gasteiger charge is -2.03. The lowest BCUT2D eigenvalue weighted by molar-refractivity contribution is 0.185. The van der Waals surface area contributed by atoms with Crippen LogP contribution in [0.1, 0.15) is 12.5 Å². The van der Waals surface area contributed by atoms with Crippen molar-refractivity contribution >= 4 is 5.82 Å². The smallest absolute Gasteiger partial charge is 0.126 e. The van der Waals surface area contributed by atoms with Crippen molar-refractivity contribution in [3.05, 3.63) is 23.9 Å². The Balaban J connectivity index is 2.67. The van der Waals surface area contributed by atoms with Gasteiger partial charge in [-0.15, -0.1) is 0 Å². The van der Waals surface area contributed by atoms with Crippen molar-refractivity contribution < 1.29 is 4.74 Å². The molecule has 0 bridgehead atoms. The Hall–Kier alpha value is -1.09. The summed E-state index contributed by atoms with van der Waals surface area (Å²) < 4.78 is 5.01. The van der Waals surface area contributed by atoms with Crippen LogP contribution >= 0.6 is 0 Å². The van der Waals surface area contributed by atoms with Crippen LogP contribution in [0.5, 0.6) is 0 Å². The summed E-state index contributed by atoms with van der Waals surface area (Å²) in [6.07, 6.45) is 1.78. The molecule has 3 heteroatoms. The Morgan fingerprint density at radius 2 is 2.42 bits per heavy atom. The highest BCUT2D eigenvalue weighted by Crippen LogP contribution is 2.06. The van der Waals surface area contributed by atoms with Crippen LogP contribution < -0.4 is 5.32 Å². The topological polar surface area (TPSA) is 34.1 Å². The molecule has 0 aliphatic rings. The van der Waals surface area contributed by atoms with E-state index in [0.717, 1.165) is 17.9 Å². The van der Waals surface area contributed by atoms with E-state index in [9.17, 15) is 0 Å². The molecule has 12 heavy (non-hydrogen) atoms. The second kappa shape index (κ2) is 4.72. The third kappa shape index (κ3) is 2.51. The van der Waals surface area contributed by atoms with Gasteiger partial charge >= 0.3 is 0 Å². The van der Waals surface area contributed by atoms with Gasteiger partial charge in [0.25, 0.3) is 0 Å². The van der Waals surface area contributed by atoms with Gasteiger partial charge in [-0.2, -0.15) is 0 Å². The molecule has 1 aromatic heterocycles. The van der Waals surface area contributed by atoms with Crippen LogP contribution in [0.3, 0.4) is 0 Å². The van der Waals surface area contributed by atoms with E-state index < -0.39 is 0 Å². The third-order valence-corrected chi connectivity index (χ3v) is 1.49. The van der Waals surface area contributed by atoms with Gasteiger partial charge in [0, 0.05) is 19.9 Å². The number of nitrogens with one attached hydrogen (secondary N) is 1.